The average Bonchev–Trinajstić information content (AvgIpc) is 3.25. The molecule has 34 heavy (non-hydrogen) atoms. The maximum atomic E-state index is 12.0. The maximum absolute atomic E-state index is 12.0. The molecule has 0 radical (unpaired) electrons. The number of piperazine rings is 1. The molecule has 172 valence electrons. The fourth-order valence-corrected chi connectivity index (χ4v) is 4.54. The van der Waals surface area contributed by atoms with E-state index in [1.807, 2.05) is 25.1 Å². The van der Waals surface area contributed by atoms with E-state index >= 15 is 0 Å². The zero-order chi connectivity index (χ0) is 23.7. The number of H-pyrrole nitrogens is 1. The van der Waals surface area contributed by atoms with Crippen molar-refractivity contribution in [2.45, 2.75) is 6.92 Å². The van der Waals surface area contributed by atoms with E-state index in [1.165, 1.54) is 11.8 Å². The molecule has 1 aliphatic heterocycles. The van der Waals surface area contributed by atoms with Gasteiger partial charge in [-0.1, -0.05) is 30.8 Å². The van der Waals surface area contributed by atoms with Crippen molar-refractivity contribution in [2.75, 3.05) is 43.4 Å². The fourth-order valence-electron chi connectivity index (χ4n) is 4.54. The predicted molar refractivity (Wildman–Crippen MR) is 140 cm³/mol. The Morgan fingerprint density at radius 1 is 1.06 bits per heavy atom. The van der Waals surface area contributed by atoms with Crippen molar-refractivity contribution in [1.29, 1.82) is 0 Å². The topological polar surface area (TPSA) is 64.3 Å². The molecule has 4 aromatic rings. The summed E-state index contributed by atoms with van der Waals surface area (Å²) in [5.41, 5.74) is 8.07. The molecule has 0 aliphatic carbocycles. The Labute approximate surface area is 199 Å². The Morgan fingerprint density at radius 3 is 2.53 bits per heavy atom. The molecule has 2 N–H and O–H groups in total. The van der Waals surface area contributed by atoms with E-state index in [0.717, 1.165) is 70.8 Å². The molecule has 2 aromatic heterocycles. The highest BCUT2D eigenvalue weighted by Crippen LogP contribution is 2.39. The van der Waals surface area contributed by atoms with Crippen LogP contribution in [0.25, 0.3) is 33.4 Å². The second kappa shape index (κ2) is 9.15. The number of amides is 1. The van der Waals surface area contributed by atoms with Gasteiger partial charge in [0.2, 0.25) is 5.91 Å². The van der Waals surface area contributed by atoms with Crippen LogP contribution >= 0.6 is 0 Å². The van der Waals surface area contributed by atoms with Crippen LogP contribution in [0.15, 0.2) is 73.4 Å². The normalized spacial score (nSPS) is 14.4. The van der Waals surface area contributed by atoms with Gasteiger partial charge in [0.25, 0.3) is 0 Å². The molecule has 0 atom stereocenters. The second-order valence-corrected chi connectivity index (χ2v) is 8.83. The van der Waals surface area contributed by atoms with Gasteiger partial charge in [-0.3, -0.25) is 4.79 Å². The molecule has 3 heterocycles. The molecule has 2 aromatic carbocycles. The zero-order valence-electron chi connectivity index (χ0n) is 19.6. The third-order valence-corrected chi connectivity index (χ3v) is 6.56. The van der Waals surface area contributed by atoms with Crippen molar-refractivity contribution in [1.82, 2.24) is 14.9 Å². The third-order valence-electron chi connectivity index (χ3n) is 6.56. The van der Waals surface area contributed by atoms with Crippen molar-refractivity contribution in [3.05, 3.63) is 79.0 Å². The van der Waals surface area contributed by atoms with Crippen molar-refractivity contribution in [3.8, 4) is 22.4 Å². The van der Waals surface area contributed by atoms with Gasteiger partial charge < -0.3 is 20.1 Å². The smallest absolute Gasteiger partial charge is 0.247 e. The Kier molecular flexibility index (Phi) is 5.90. The molecule has 0 bridgehead atoms. The van der Waals surface area contributed by atoms with Gasteiger partial charge in [-0.05, 0) is 67.1 Å². The third kappa shape index (κ3) is 4.20. The Bertz CT molecular complexity index is 1350. The fraction of sp³-hybridized carbons (Fsp3) is 0.214. The first-order valence-electron chi connectivity index (χ1n) is 11.6. The van der Waals surface area contributed by atoms with E-state index in [9.17, 15) is 4.79 Å². The summed E-state index contributed by atoms with van der Waals surface area (Å²) in [5.74, 6) is -0.222. The van der Waals surface area contributed by atoms with Gasteiger partial charge in [0.1, 0.15) is 5.65 Å². The number of rotatable bonds is 5. The summed E-state index contributed by atoms with van der Waals surface area (Å²) in [6.45, 7) is 9.80. The van der Waals surface area contributed by atoms with Crippen LogP contribution in [0.1, 0.15) is 5.56 Å². The number of nitrogens with zero attached hydrogens (tertiary/aromatic N) is 3. The Balaban J connectivity index is 1.57. The van der Waals surface area contributed by atoms with Crippen LogP contribution in [0.4, 0.5) is 11.4 Å². The molecule has 1 amide bonds. The molecular formula is C28H29N5O. The van der Waals surface area contributed by atoms with Crippen LogP contribution in [0, 0.1) is 6.92 Å². The van der Waals surface area contributed by atoms with Crippen LogP contribution in [-0.4, -0.2) is 54.0 Å². The molecule has 0 unspecified atom stereocenters. The minimum Gasteiger partial charge on any atom is -0.369 e. The number of anilines is 2. The lowest BCUT2D eigenvalue weighted by atomic mass is 9.97. The van der Waals surface area contributed by atoms with E-state index in [1.54, 1.807) is 6.20 Å². The van der Waals surface area contributed by atoms with Crippen molar-refractivity contribution < 1.29 is 4.79 Å². The average molecular weight is 452 g/mol. The SMILES string of the molecule is C=CC(=O)Nc1cc(-c2c(-c3ccc(N4CCN(C)CC4)cc3)[nH]c3ncccc23)ccc1C. The summed E-state index contributed by atoms with van der Waals surface area (Å²) in [6.07, 6.45) is 3.09. The molecule has 1 fully saturated rings. The van der Waals surface area contributed by atoms with Gasteiger partial charge in [0.05, 0.1) is 5.69 Å². The van der Waals surface area contributed by atoms with Gasteiger partial charge in [-0.25, -0.2) is 4.98 Å². The molecule has 1 aliphatic rings. The van der Waals surface area contributed by atoms with Gasteiger partial charge in [0, 0.05) is 54.7 Å². The summed E-state index contributed by atoms with van der Waals surface area (Å²) in [6, 6.07) is 18.9. The molecule has 6 nitrogen and oxygen atoms in total. The standard InChI is InChI=1S/C28H29N5O/c1-4-25(34)30-24-18-21(8-7-19(24)2)26-23-6-5-13-29-28(23)31-27(26)20-9-11-22(12-10-20)33-16-14-32(3)15-17-33/h4-13,18H,1,14-17H2,2-3H3,(H,29,31)(H,30,34). The summed E-state index contributed by atoms with van der Waals surface area (Å²) < 4.78 is 0. The molecule has 6 heteroatoms. The summed E-state index contributed by atoms with van der Waals surface area (Å²) in [4.78, 5) is 24.9. The van der Waals surface area contributed by atoms with Crippen LogP contribution in [0.3, 0.4) is 0 Å². The predicted octanol–water partition coefficient (Wildman–Crippen LogP) is 5.08. The maximum Gasteiger partial charge on any atom is 0.247 e. The Morgan fingerprint density at radius 2 is 1.79 bits per heavy atom. The number of aromatic amines is 1. The van der Waals surface area contributed by atoms with Crippen LogP contribution < -0.4 is 10.2 Å². The van der Waals surface area contributed by atoms with Gasteiger partial charge >= 0.3 is 0 Å². The quantitative estimate of drug-likeness (QED) is 0.415. The van der Waals surface area contributed by atoms with E-state index < -0.39 is 0 Å². The van der Waals surface area contributed by atoms with Crippen molar-refractivity contribution in [3.63, 3.8) is 0 Å². The first-order chi connectivity index (χ1) is 16.5. The number of aromatic nitrogens is 2. The van der Waals surface area contributed by atoms with Gasteiger partial charge in [0.15, 0.2) is 0 Å². The van der Waals surface area contributed by atoms with Crippen LogP contribution in [0.2, 0.25) is 0 Å². The number of hydrogen-bond acceptors (Lipinski definition) is 4. The largest absolute Gasteiger partial charge is 0.369 e. The highest BCUT2D eigenvalue weighted by Gasteiger charge is 2.18. The number of nitrogens with one attached hydrogen (secondary N) is 2. The number of carbonyl (C=O) groups excluding carboxylic acids is 1. The first-order valence-corrected chi connectivity index (χ1v) is 11.6. The molecular weight excluding hydrogens is 422 g/mol. The van der Waals surface area contributed by atoms with Crippen molar-refractivity contribution in [2.24, 2.45) is 0 Å². The van der Waals surface area contributed by atoms with E-state index in [0.29, 0.717) is 0 Å². The molecule has 0 spiro atoms. The van der Waals surface area contributed by atoms with Gasteiger partial charge in [-0.15, -0.1) is 0 Å². The molecule has 5 rings (SSSR count). The number of pyridine rings is 1. The highest BCUT2D eigenvalue weighted by atomic mass is 16.1. The number of fused-ring (bicyclic) bond motifs is 1. The van der Waals surface area contributed by atoms with Crippen LogP contribution in [-0.2, 0) is 4.79 Å². The summed E-state index contributed by atoms with van der Waals surface area (Å²) in [5, 5.41) is 3.97. The minimum absolute atomic E-state index is 0.222. The number of benzene rings is 2. The minimum atomic E-state index is -0.222. The second-order valence-electron chi connectivity index (χ2n) is 8.83. The zero-order valence-corrected chi connectivity index (χ0v) is 19.6. The number of carbonyl (C=O) groups is 1. The van der Waals surface area contributed by atoms with E-state index in [2.05, 4.69) is 75.1 Å². The molecule has 1 saturated heterocycles. The number of aryl methyl sites for hydroxylation is 1. The highest BCUT2D eigenvalue weighted by molar-refractivity contribution is 6.04. The molecule has 0 saturated carbocycles. The lowest BCUT2D eigenvalue weighted by molar-refractivity contribution is -0.111. The summed E-state index contributed by atoms with van der Waals surface area (Å²) in [7, 11) is 2.17. The number of likely N-dealkylation sites (N-methyl/N-ethyl adjacent to an activating group) is 1. The Hall–Kier alpha value is -3.90. The summed E-state index contributed by atoms with van der Waals surface area (Å²) >= 11 is 0. The van der Waals surface area contributed by atoms with E-state index in [-0.39, 0.29) is 5.91 Å². The van der Waals surface area contributed by atoms with Gasteiger partial charge in [-0.2, -0.15) is 0 Å². The van der Waals surface area contributed by atoms with Crippen molar-refractivity contribution >= 4 is 28.3 Å². The van der Waals surface area contributed by atoms with E-state index in [4.69, 9.17) is 0 Å². The lowest BCUT2D eigenvalue weighted by Crippen LogP contribution is -2.44. The van der Waals surface area contributed by atoms with Crippen LogP contribution in [0.5, 0.6) is 0 Å². The number of hydrogen-bond donors (Lipinski definition) is 2. The monoisotopic (exact) mass is 451 g/mol. The lowest BCUT2D eigenvalue weighted by Gasteiger charge is -2.34. The first kappa shape index (κ1) is 21.9.